The summed E-state index contributed by atoms with van der Waals surface area (Å²) in [6.07, 6.45) is 7.54. The molecule has 1 unspecified atom stereocenters. The number of amides is 2. The molecule has 0 aliphatic rings. The number of carbonyl (C=O) groups excluding carboxylic acids is 1. The highest BCUT2D eigenvalue weighted by Gasteiger charge is 2.07. The zero-order valence-corrected chi connectivity index (χ0v) is 11.7. The van der Waals surface area contributed by atoms with Gasteiger partial charge in [0.25, 0.3) is 0 Å². The highest BCUT2D eigenvalue weighted by atomic mass is 16.4. The second-order valence-corrected chi connectivity index (χ2v) is 4.74. The Morgan fingerprint density at radius 1 is 1.40 bits per heavy atom. The minimum Gasteiger partial charge on any atom is -0.481 e. The third-order valence-electron chi connectivity index (χ3n) is 2.84. The maximum atomic E-state index is 11.6. The number of nitrogens with one attached hydrogen (secondary N) is 2. The Morgan fingerprint density at radius 3 is 2.85 bits per heavy atom. The van der Waals surface area contributed by atoms with Crippen LogP contribution in [-0.4, -0.2) is 39.2 Å². The molecule has 0 saturated heterocycles. The average molecular weight is 282 g/mol. The van der Waals surface area contributed by atoms with Crippen molar-refractivity contribution in [2.24, 2.45) is 0 Å². The summed E-state index contributed by atoms with van der Waals surface area (Å²) in [4.78, 5) is 25.9. The minimum atomic E-state index is -0.804. The molecule has 1 aromatic heterocycles. The van der Waals surface area contributed by atoms with Crippen LogP contribution in [0.2, 0.25) is 0 Å². The van der Waals surface area contributed by atoms with Crippen LogP contribution in [0.25, 0.3) is 0 Å². The van der Waals surface area contributed by atoms with Gasteiger partial charge in [0.1, 0.15) is 0 Å². The smallest absolute Gasteiger partial charge is 0.314 e. The molecule has 3 N–H and O–H groups in total. The van der Waals surface area contributed by atoms with Crippen molar-refractivity contribution in [2.75, 3.05) is 6.54 Å². The van der Waals surface area contributed by atoms with Gasteiger partial charge in [-0.05, 0) is 26.2 Å². The quantitative estimate of drug-likeness (QED) is 0.593. The van der Waals surface area contributed by atoms with Crippen molar-refractivity contribution in [1.82, 2.24) is 20.2 Å². The van der Waals surface area contributed by atoms with E-state index in [1.165, 1.54) is 0 Å². The van der Waals surface area contributed by atoms with Gasteiger partial charge in [0.2, 0.25) is 0 Å². The van der Waals surface area contributed by atoms with Crippen LogP contribution < -0.4 is 10.6 Å². The molecule has 0 saturated carbocycles. The van der Waals surface area contributed by atoms with E-state index in [1.807, 2.05) is 17.7 Å². The summed E-state index contributed by atoms with van der Waals surface area (Å²) in [5.41, 5.74) is 0. The van der Waals surface area contributed by atoms with E-state index in [9.17, 15) is 9.59 Å². The summed E-state index contributed by atoms with van der Waals surface area (Å²) in [5.74, 6) is -0.804. The zero-order chi connectivity index (χ0) is 14.8. The molecular weight excluding hydrogens is 260 g/mol. The highest BCUT2D eigenvalue weighted by Crippen LogP contribution is 2.00. The van der Waals surface area contributed by atoms with Crippen LogP contribution >= 0.6 is 0 Å². The fourth-order valence-corrected chi connectivity index (χ4v) is 1.79. The maximum Gasteiger partial charge on any atom is 0.314 e. The normalized spacial score (nSPS) is 11.8. The van der Waals surface area contributed by atoms with Gasteiger partial charge in [-0.25, -0.2) is 9.78 Å². The largest absolute Gasteiger partial charge is 0.481 e. The number of carbonyl (C=O) groups is 2. The predicted octanol–water partition coefficient (Wildman–Crippen LogP) is 1.22. The Balaban J connectivity index is 2.03. The van der Waals surface area contributed by atoms with Crippen molar-refractivity contribution in [1.29, 1.82) is 0 Å². The van der Waals surface area contributed by atoms with E-state index in [0.717, 1.165) is 13.0 Å². The Hall–Kier alpha value is -2.05. The molecule has 1 heterocycles. The van der Waals surface area contributed by atoms with Crippen LogP contribution in [-0.2, 0) is 11.3 Å². The van der Waals surface area contributed by atoms with Gasteiger partial charge in [-0.3, -0.25) is 4.79 Å². The number of urea groups is 1. The summed E-state index contributed by atoms with van der Waals surface area (Å²) >= 11 is 0. The predicted molar refractivity (Wildman–Crippen MR) is 74.3 cm³/mol. The molecule has 0 bridgehead atoms. The summed E-state index contributed by atoms with van der Waals surface area (Å²) < 4.78 is 1.95. The molecule has 0 spiro atoms. The summed E-state index contributed by atoms with van der Waals surface area (Å²) in [6.45, 7) is 3.27. The molecular formula is C13H22N4O3. The van der Waals surface area contributed by atoms with Crippen molar-refractivity contribution in [3.05, 3.63) is 18.7 Å². The van der Waals surface area contributed by atoms with E-state index >= 15 is 0 Å². The van der Waals surface area contributed by atoms with E-state index in [-0.39, 0.29) is 18.5 Å². The topological polar surface area (TPSA) is 96.3 Å². The molecule has 7 heteroatoms. The first-order valence-corrected chi connectivity index (χ1v) is 6.80. The second-order valence-electron chi connectivity index (χ2n) is 4.74. The van der Waals surface area contributed by atoms with Gasteiger partial charge in [-0.1, -0.05) is 0 Å². The molecule has 2 amide bonds. The molecule has 20 heavy (non-hydrogen) atoms. The number of hydrogen-bond acceptors (Lipinski definition) is 3. The van der Waals surface area contributed by atoms with Crippen LogP contribution in [0.5, 0.6) is 0 Å². The summed E-state index contributed by atoms with van der Waals surface area (Å²) in [6, 6.07) is -0.235. The van der Waals surface area contributed by atoms with Crippen molar-refractivity contribution >= 4 is 12.0 Å². The number of imidazole rings is 1. The number of aromatic nitrogens is 2. The number of rotatable bonds is 9. The first-order chi connectivity index (χ1) is 9.58. The average Bonchev–Trinajstić information content (AvgIpc) is 2.87. The zero-order valence-electron chi connectivity index (χ0n) is 11.7. The fraction of sp³-hybridized carbons (Fsp3) is 0.615. The van der Waals surface area contributed by atoms with E-state index < -0.39 is 5.97 Å². The highest BCUT2D eigenvalue weighted by molar-refractivity contribution is 5.74. The Labute approximate surface area is 118 Å². The molecule has 7 nitrogen and oxygen atoms in total. The Morgan fingerprint density at radius 2 is 2.20 bits per heavy atom. The Bertz CT molecular complexity index is 406. The molecule has 0 fully saturated rings. The standard InChI is InChI=1S/C13H22N4O3/c1-11(4-2-5-12(18)19)16-13(20)15-6-3-8-17-9-7-14-10-17/h7,9-11H,2-6,8H2,1H3,(H,18,19)(H2,15,16,20). The molecule has 0 radical (unpaired) electrons. The lowest BCUT2D eigenvalue weighted by Gasteiger charge is -2.14. The van der Waals surface area contributed by atoms with Crippen molar-refractivity contribution in [3.8, 4) is 0 Å². The third kappa shape index (κ3) is 7.40. The summed E-state index contributed by atoms with van der Waals surface area (Å²) in [5, 5.41) is 14.1. The molecule has 1 rings (SSSR count). The van der Waals surface area contributed by atoms with E-state index in [4.69, 9.17) is 5.11 Å². The third-order valence-corrected chi connectivity index (χ3v) is 2.84. The first kappa shape index (κ1) is 16.0. The lowest BCUT2D eigenvalue weighted by Crippen LogP contribution is -2.41. The molecule has 1 aromatic rings. The van der Waals surface area contributed by atoms with Gasteiger partial charge < -0.3 is 20.3 Å². The van der Waals surface area contributed by atoms with E-state index in [0.29, 0.717) is 19.4 Å². The van der Waals surface area contributed by atoms with Gasteiger partial charge in [0, 0.05) is 37.9 Å². The molecule has 0 aliphatic heterocycles. The van der Waals surface area contributed by atoms with E-state index in [1.54, 1.807) is 12.5 Å². The first-order valence-electron chi connectivity index (χ1n) is 6.80. The Kier molecular flexibility index (Phi) is 7.16. The van der Waals surface area contributed by atoms with Gasteiger partial charge >= 0.3 is 12.0 Å². The molecule has 0 aromatic carbocycles. The fourth-order valence-electron chi connectivity index (χ4n) is 1.79. The number of nitrogens with zero attached hydrogens (tertiary/aromatic N) is 2. The number of aryl methyl sites for hydroxylation is 1. The SMILES string of the molecule is CC(CCCC(=O)O)NC(=O)NCCCn1ccnc1. The molecule has 1 atom stereocenters. The monoisotopic (exact) mass is 282 g/mol. The number of aliphatic carboxylic acids is 1. The van der Waals surface area contributed by atoms with Crippen LogP contribution in [0.3, 0.4) is 0 Å². The van der Waals surface area contributed by atoms with Crippen molar-refractivity contribution < 1.29 is 14.7 Å². The number of hydrogen-bond donors (Lipinski definition) is 3. The summed E-state index contributed by atoms with van der Waals surface area (Å²) in [7, 11) is 0. The minimum absolute atomic E-state index is 0.0250. The number of carboxylic acids is 1. The second kappa shape index (κ2) is 8.95. The van der Waals surface area contributed by atoms with E-state index in [2.05, 4.69) is 15.6 Å². The van der Waals surface area contributed by atoms with Crippen LogP contribution in [0.1, 0.15) is 32.6 Å². The van der Waals surface area contributed by atoms with Gasteiger partial charge in [0.15, 0.2) is 0 Å². The molecule has 112 valence electrons. The van der Waals surface area contributed by atoms with Crippen molar-refractivity contribution in [3.63, 3.8) is 0 Å². The van der Waals surface area contributed by atoms with Gasteiger partial charge in [-0.2, -0.15) is 0 Å². The van der Waals surface area contributed by atoms with Crippen LogP contribution in [0.15, 0.2) is 18.7 Å². The molecule has 0 aliphatic carbocycles. The van der Waals surface area contributed by atoms with Gasteiger partial charge in [-0.15, -0.1) is 0 Å². The van der Waals surface area contributed by atoms with Crippen LogP contribution in [0.4, 0.5) is 4.79 Å². The van der Waals surface area contributed by atoms with Crippen molar-refractivity contribution in [2.45, 2.75) is 45.2 Å². The van der Waals surface area contributed by atoms with Gasteiger partial charge in [0.05, 0.1) is 6.33 Å². The lowest BCUT2D eigenvalue weighted by molar-refractivity contribution is -0.137. The number of carboxylic acid groups (broad SMARTS) is 1. The van der Waals surface area contributed by atoms with Crippen LogP contribution in [0, 0.1) is 0 Å². The lowest BCUT2D eigenvalue weighted by atomic mass is 10.1. The maximum absolute atomic E-state index is 11.6.